The molecule has 0 bridgehead atoms. The van der Waals surface area contributed by atoms with Crippen LogP contribution in [0.2, 0.25) is 5.02 Å². The van der Waals surface area contributed by atoms with Crippen molar-refractivity contribution in [2.24, 2.45) is 0 Å². The minimum absolute atomic E-state index is 0.836. The summed E-state index contributed by atoms with van der Waals surface area (Å²) in [6.45, 7) is 0. The largest absolute Gasteiger partial charge is 0.0837 e. The molecule has 20 heavy (non-hydrogen) atoms. The van der Waals surface area contributed by atoms with Crippen LogP contribution >= 0.6 is 11.6 Å². The Kier molecular flexibility index (Phi) is 2.64. The summed E-state index contributed by atoms with van der Waals surface area (Å²) in [5.74, 6) is 0. The molecule has 0 nitrogen and oxygen atoms in total. The molecule has 3 aromatic rings. The lowest BCUT2D eigenvalue weighted by Crippen LogP contribution is -1.89. The number of halogens is 1. The molecule has 0 saturated carbocycles. The Morgan fingerprint density at radius 3 is 2.30 bits per heavy atom. The van der Waals surface area contributed by atoms with Crippen molar-refractivity contribution in [2.45, 2.75) is 6.42 Å². The van der Waals surface area contributed by atoms with Gasteiger partial charge in [-0.15, -0.1) is 0 Å². The van der Waals surface area contributed by atoms with E-state index in [9.17, 15) is 0 Å². The topological polar surface area (TPSA) is 0 Å². The fraction of sp³-hybridized carbons (Fsp3) is 0.0526. The van der Waals surface area contributed by atoms with Crippen LogP contribution in [0.1, 0.15) is 11.1 Å². The van der Waals surface area contributed by atoms with Gasteiger partial charge in [-0.3, -0.25) is 0 Å². The molecule has 0 saturated heterocycles. The summed E-state index contributed by atoms with van der Waals surface area (Å²) in [5, 5.41) is 0.836. The van der Waals surface area contributed by atoms with Gasteiger partial charge in [-0.25, -0.2) is 0 Å². The molecular weight excluding hydrogens is 264 g/mol. The second-order valence-corrected chi connectivity index (χ2v) is 5.56. The maximum Gasteiger partial charge on any atom is 0.0487 e. The van der Waals surface area contributed by atoms with Crippen molar-refractivity contribution in [1.82, 2.24) is 0 Å². The molecule has 0 unspecified atom stereocenters. The van der Waals surface area contributed by atoms with E-state index in [1.807, 2.05) is 12.1 Å². The zero-order valence-electron chi connectivity index (χ0n) is 10.9. The van der Waals surface area contributed by atoms with E-state index in [2.05, 4.69) is 54.6 Å². The van der Waals surface area contributed by atoms with Gasteiger partial charge in [-0.2, -0.15) is 0 Å². The zero-order chi connectivity index (χ0) is 13.5. The minimum Gasteiger partial charge on any atom is -0.0837 e. The van der Waals surface area contributed by atoms with Crippen LogP contribution in [-0.2, 0) is 6.42 Å². The van der Waals surface area contributed by atoms with E-state index in [1.165, 1.54) is 33.4 Å². The Bertz CT molecular complexity index is 788. The third kappa shape index (κ3) is 1.69. The van der Waals surface area contributed by atoms with Gasteiger partial charge in [0, 0.05) is 10.6 Å². The van der Waals surface area contributed by atoms with Crippen LogP contribution in [-0.4, -0.2) is 0 Å². The second-order valence-electron chi connectivity index (χ2n) is 5.15. The van der Waals surface area contributed by atoms with Crippen LogP contribution in [0.25, 0.3) is 22.3 Å². The van der Waals surface area contributed by atoms with Crippen molar-refractivity contribution in [2.75, 3.05) is 0 Å². The Hall–Kier alpha value is -2.05. The first-order chi connectivity index (χ1) is 9.84. The highest BCUT2D eigenvalue weighted by Crippen LogP contribution is 2.44. The molecule has 1 aliphatic carbocycles. The van der Waals surface area contributed by atoms with Crippen LogP contribution < -0.4 is 0 Å². The highest BCUT2D eigenvalue weighted by molar-refractivity contribution is 6.33. The van der Waals surface area contributed by atoms with Crippen molar-refractivity contribution in [1.29, 1.82) is 0 Å². The number of hydrogen-bond acceptors (Lipinski definition) is 0. The van der Waals surface area contributed by atoms with Crippen LogP contribution in [0.15, 0.2) is 66.7 Å². The van der Waals surface area contributed by atoms with Crippen molar-refractivity contribution in [3.05, 3.63) is 82.9 Å². The van der Waals surface area contributed by atoms with Gasteiger partial charge < -0.3 is 0 Å². The summed E-state index contributed by atoms with van der Waals surface area (Å²) in [5.41, 5.74) is 7.79. The quantitative estimate of drug-likeness (QED) is 0.426. The Labute approximate surface area is 123 Å². The third-order valence-corrected chi connectivity index (χ3v) is 4.31. The number of benzene rings is 3. The molecule has 3 aromatic carbocycles. The molecule has 0 aliphatic heterocycles. The fourth-order valence-electron chi connectivity index (χ4n) is 3.10. The van der Waals surface area contributed by atoms with Crippen LogP contribution in [0.3, 0.4) is 0 Å². The van der Waals surface area contributed by atoms with Crippen LogP contribution in [0.4, 0.5) is 0 Å². The Morgan fingerprint density at radius 2 is 1.45 bits per heavy atom. The normalized spacial score (nSPS) is 12.1. The summed E-state index contributed by atoms with van der Waals surface area (Å²) in [7, 11) is 0. The Balaban J connectivity index is 2.00. The standard InChI is InChI=1S/C19H13Cl/c20-18-11-10-16-15-9-5-4-8-14(15)12-17(16)19(18)13-6-2-1-3-7-13/h1-11H,12H2. The predicted molar refractivity (Wildman–Crippen MR) is 85.1 cm³/mol. The van der Waals surface area contributed by atoms with E-state index in [1.54, 1.807) is 0 Å². The zero-order valence-corrected chi connectivity index (χ0v) is 11.7. The van der Waals surface area contributed by atoms with Gasteiger partial charge in [0.05, 0.1) is 0 Å². The van der Waals surface area contributed by atoms with E-state index in [0.29, 0.717) is 0 Å². The molecule has 4 rings (SSSR count). The van der Waals surface area contributed by atoms with Gasteiger partial charge in [0.15, 0.2) is 0 Å². The minimum atomic E-state index is 0.836. The average Bonchev–Trinajstić information content (AvgIpc) is 2.86. The van der Waals surface area contributed by atoms with Crippen molar-refractivity contribution in [3.8, 4) is 22.3 Å². The molecule has 0 N–H and O–H groups in total. The Morgan fingerprint density at radius 1 is 0.700 bits per heavy atom. The molecule has 0 atom stereocenters. The average molecular weight is 277 g/mol. The van der Waals surface area contributed by atoms with Gasteiger partial charge >= 0.3 is 0 Å². The van der Waals surface area contributed by atoms with E-state index < -0.39 is 0 Å². The summed E-state index contributed by atoms with van der Waals surface area (Å²) >= 11 is 6.49. The first-order valence-corrected chi connectivity index (χ1v) is 7.17. The van der Waals surface area contributed by atoms with Gasteiger partial charge in [0.25, 0.3) is 0 Å². The van der Waals surface area contributed by atoms with Crippen molar-refractivity contribution >= 4 is 11.6 Å². The highest BCUT2D eigenvalue weighted by Gasteiger charge is 2.22. The summed E-state index contributed by atoms with van der Waals surface area (Å²) < 4.78 is 0. The molecule has 0 amide bonds. The summed E-state index contributed by atoms with van der Waals surface area (Å²) in [6.07, 6.45) is 0.969. The number of hydrogen-bond donors (Lipinski definition) is 0. The summed E-state index contributed by atoms with van der Waals surface area (Å²) in [6, 6.07) is 23.2. The van der Waals surface area contributed by atoms with E-state index in [0.717, 1.165) is 11.4 Å². The second kappa shape index (κ2) is 4.50. The third-order valence-electron chi connectivity index (χ3n) is 4.00. The monoisotopic (exact) mass is 276 g/mol. The van der Waals surface area contributed by atoms with Crippen molar-refractivity contribution in [3.63, 3.8) is 0 Å². The van der Waals surface area contributed by atoms with E-state index in [4.69, 9.17) is 11.6 Å². The van der Waals surface area contributed by atoms with Crippen LogP contribution in [0, 0.1) is 0 Å². The maximum atomic E-state index is 6.49. The number of fused-ring (bicyclic) bond motifs is 3. The first-order valence-electron chi connectivity index (χ1n) is 6.79. The molecule has 0 spiro atoms. The lowest BCUT2D eigenvalue weighted by molar-refractivity contribution is 1.26. The number of rotatable bonds is 1. The van der Waals surface area contributed by atoms with Crippen molar-refractivity contribution < 1.29 is 0 Å². The first kappa shape index (κ1) is 11.7. The lowest BCUT2D eigenvalue weighted by atomic mass is 9.96. The van der Waals surface area contributed by atoms with Gasteiger partial charge in [0.2, 0.25) is 0 Å². The molecule has 0 aromatic heterocycles. The molecule has 0 fully saturated rings. The van der Waals surface area contributed by atoms with E-state index >= 15 is 0 Å². The highest BCUT2D eigenvalue weighted by atomic mass is 35.5. The SMILES string of the molecule is Clc1ccc2c(c1-c1ccccc1)Cc1ccccc1-2. The maximum absolute atomic E-state index is 6.49. The molecule has 0 heterocycles. The smallest absolute Gasteiger partial charge is 0.0487 e. The van der Waals surface area contributed by atoms with Gasteiger partial charge in [0.1, 0.15) is 0 Å². The summed E-state index contributed by atoms with van der Waals surface area (Å²) in [4.78, 5) is 0. The fourth-order valence-corrected chi connectivity index (χ4v) is 3.39. The molecule has 1 aliphatic rings. The molecule has 1 heteroatoms. The van der Waals surface area contributed by atoms with Crippen LogP contribution in [0.5, 0.6) is 0 Å². The van der Waals surface area contributed by atoms with Gasteiger partial charge in [-0.1, -0.05) is 72.3 Å². The predicted octanol–water partition coefficient (Wildman–Crippen LogP) is 5.58. The lowest BCUT2D eigenvalue weighted by Gasteiger charge is -2.11. The molecule has 96 valence electrons. The molecule has 0 radical (unpaired) electrons. The van der Waals surface area contributed by atoms with Gasteiger partial charge in [-0.05, 0) is 40.3 Å². The molecular formula is C19H13Cl. The van der Waals surface area contributed by atoms with E-state index in [-0.39, 0.29) is 0 Å².